The molecular formula is C12H16N4O2S. The van der Waals surface area contributed by atoms with Gasteiger partial charge in [-0.2, -0.15) is 0 Å². The van der Waals surface area contributed by atoms with Gasteiger partial charge in [-0.15, -0.1) is 16.4 Å². The Morgan fingerprint density at radius 3 is 2.47 bits per heavy atom. The van der Waals surface area contributed by atoms with Crippen molar-refractivity contribution in [3.05, 3.63) is 10.7 Å². The van der Waals surface area contributed by atoms with Crippen molar-refractivity contribution in [2.24, 2.45) is 5.41 Å². The van der Waals surface area contributed by atoms with Crippen molar-refractivity contribution in [2.45, 2.75) is 34.6 Å². The van der Waals surface area contributed by atoms with Crippen molar-refractivity contribution < 1.29 is 9.21 Å². The molecule has 102 valence electrons. The molecule has 0 aliphatic heterocycles. The predicted octanol–water partition coefficient (Wildman–Crippen LogP) is 2.79. The summed E-state index contributed by atoms with van der Waals surface area (Å²) in [6.45, 7) is 9.25. The first-order valence-electron chi connectivity index (χ1n) is 5.87. The Morgan fingerprint density at radius 2 is 1.95 bits per heavy atom. The van der Waals surface area contributed by atoms with Gasteiger partial charge >= 0.3 is 6.01 Å². The second-order valence-corrected chi connectivity index (χ2v) is 6.47. The minimum Gasteiger partial charge on any atom is -0.402 e. The number of carbonyl (C=O) groups excluding carboxylic acids is 1. The minimum atomic E-state index is -0.508. The van der Waals surface area contributed by atoms with E-state index in [1.54, 1.807) is 0 Å². The number of nitrogens with zero attached hydrogens (tertiary/aromatic N) is 3. The third-order valence-corrected chi connectivity index (χ3v) is 3.49. The number of carbonyl (C=O) groups is 1. The van der Waals surface area contributed by atoms with E-state index in [1.807, 2.05) is 34.6 Å². The molecular weight excluding hydrogens is 264 g/mol. The van der Waals surface area contributed by atoms with Crippen LogP contribution in [0.2, 0.25) is 0 Å². The number of aromatic nitrogens is 3. The summed E-state index contributed by atoms with van der Waals surface area (Å²) in [6.07, 6.45) is 0. The summed E-state index contributed by atoms with van der Waals surface area (Å²) >= 11 is 1.49. The van der Waals surface area contributed by atoms with E-state index in [0.717, 1.165) is 15.6 Å². The highest BCUT2D eigenvalue weighted by Crippen LogP contribution is 2.29. The maximum Gasteiger partial charge on any atom is 0.322 e. The van der Waals surface area contributed by atoms with Crippen molar-refractivity contribution in [2.75, 3.05) is 5.32 Å². The van der Waals surface area contributed by atoms with E-state index in [1.165, 1.54) is 11.3 Å². The molecule has 0 fully saturated rings. The van der Waals surface area contributed by atoms with Crippen LogP contribution in [0.15, 0.2) is 4.42 Å². The summed E-state index contributed by atoms with van der Waals surface area (Å²) in [5.41, 5.74) is 0.339. The molecule has 0 aliphatic rings. The number of hydrogen-bond donors (Lipinski definition) is 1. The van der Waals surface area contributed by atoms with Crippen LogP contribution in [0.25, 0.3) is 10.8 Å². The Hall–Kier alpha value is -1.76. The molecule has 0 unspecified atom stereocenters. The highest BCUT2D eigenvalue weighted by atomic mass is 32.1. The van der Waals surface area contributed by atoms with E-state index in [0.29, 0.717) is 5.89 Å². The van der Waals surface area contributed by atoms with Gasteiger partial charge in [-0.25, -0.2) is 4.98 Å². The maximum absolute atomic E-state index is 11.8. The van der Waals surface area contributed by atoms with Gasteiger partial charge < -0.3 is 4.42 Å². The van der Waals surface area contributed by atoms with Crippen molar-refractivity contribution >= 4 is 23.3 Å². The molecule has 0 saturated carbocycles. The van der Waals surface area contributed by atoms with Crippen molar-refractivity contribution in [3.8, 4) is 10.8 Å². The average Bonchev–Trinajstić information content (AvgIpc) is 2.84. The van der Waals surface area contributed by atoms with Crippen LogP contribution in [0.5, 0.6) is 0 Å². The zero-order chi connectivity index (χ0) is 14.2. The average molecular weight is 280 g/mol. The lowest BCUT2D eigenvalue weighted by Crippen LogP contribution is -2.27. The quantitative estimate of drug-likeness (QED) is 0.914. The van der Waals surface area contributed by atoms with Crippen molar-refractivity contribution in [1.29, 1.82) is 0 Å². The first kappa shape index (κ1) is 13.7. The van der Waals surface area contributed by atoms with Crippen LogP contribution in [0, 0.1) is 19.3 Å². The van der Waals surface area contributed by atoms with E-state index in [2.05, 4.69) is 20.5 Å². The molecule has 0 atom stereocenters. The Bertz CT molecular complexity index is 610. The van der Waals surface area contributed by atoms with Crippen LogP contribution in [0.1, 0.15) is 31.5 Å². The molecule has 2 aromatic rings. The molecule has 7 heteroatoms. The van der Waals surface area contributed by atoms with Gasteiger partial charge in [0.2, 0.25) is 5.91 Å². The molecule has 0 aliphatic carbocycles. The van der Waals surface area contributed by atoms with Crippen LogP contribution in [0.4, 0.5) is 6.01 Å². The molecule has 1 amide bonds. The number of aryl methyl sites for hydroxylation is 2. The van der Waals surface area contributed by atoms with Gasteiger partial charge in [0.15, 0.2) is 0 Å². The summed E-state index contributed by atoms with van der Waals surface area (Å²) < 4.78 is 5.45. The van der Waals surface area contributed by atoms with Crippen molar-refractivity contribution in [3.63, 3.8) is 0 Å². The number of rotatable bonds is 2. The SMILES string of the molecule is Cc1nc(C)c(-c2nnc(NC(=O)C(C)(C)C)o2)s1. The maximum atomic E-state index is 11.8. The van der Waals surface area contributed by atoms with Gasteiger partial charge in [-0.05, 0) is 13.8 Å². The van der Waals surface area contributed by atoms with Gasteiger partial charge in [0.1, 0.15) is 4.88 Å². The van der Waals surface area contributed by atoms with Gasteiger partial charge in [0, 0.05) is 5.41 Å². The largest absolute Gasteiger partial charge is 0.402 e. The Kier molecular flexibility index (Phi) is 3.40. The molecule has 1 N–H and O–H groups in total. The highest BCUT2D eigenvalue weighted by molar-refractivity contribution is 7.15. The van der Waals surface area contributed by atoms with Gasteiger partial charge in [0.05, 0.1) is 10.7 Å². The monoisotopic (exact) mass is 280 g/mol. The van der Waals surface area contributed by atoms with Crippen LogP contribution in [0.3, 0.4) is 0 Å². The third-order valence-electron chi connectivity index (χ3n) is 2.42. The van der Waals surface area contributed by atoms with Gasteiger partial charge in [-0.3, -0.25) is 10.1 Å². The first-order chi connectivity index (χ1) is 8.77. The lowest BCUT2D eigenvalue weighted by molar-refractivity contribution is -0.123. The predicted molar refractivity (Wildman–Crippen MR) is 73.0 cm³/mol. The van der Waals surface area contributed by atoms with Crippen LogP contribution in [-0.4, -0.2) is 21.1 Å². The van der Waals surface area contributed by atoms with E-state index in [9.17, 15) is 4.79 Å². The van der Waals surface area contributed by atoms with Gasteiger partial charge in [0.25, 0.3) is 5.89 Å². The summed E-state index contributed by atoms with van der Waals surface area (Å²) in [5.74, 6) is 0.215. The second kappa shape index (κ2) is 4.73. The molecule has 0 spiro atoms. The number of nitrogens with one attached hydrogen (secondary N) is 1. The standard InChI is InChI=1S/C12H16N4O2S/c1-6-8(19-7(2)13-6)9-15-16-11(18-9)14-10(17)12(3,4)5/h1-5H3,(H,14,16,17). The molecule has 0 aromatic carbocycles. The van der Waals surface area contributed by atoms with E-state index in [-0.39, 0.29) is 11.9 Å². The number of hydrogen-bond acceptors (Lipinski definition) is 6. The molecule has 2 rings (SSSR count). The fourth-order valence-electron chi connectivity index (χ4n) is 1.38. The highest BCUT2D eigenvalue weighted by Gasteiger charge is 2.23. The van der Waals surface area contributed by atoms with Crippen LogP contribution >= 0.6 is 11.3 Å². The minimum absolute atomic E-state index is 0.111. The lowest BCUT2D eigenvalue weighted by Gasteiger charge is -2.15. The van der Waals surface area contributed by atoms with Crippen LogP contribution in [-0.2, 0) is 4.79 Å². The Balaban J connectivity index is 2.20. The molecule has 0 bridgehead atoms. The summed E-state index contributed by atoms with van der Waals surface area (Å²) in [7, 11) is 0. The van der Waals surface area contributed by atoms with E-state index in [4.69, 9.17) is 4.42 Å². The molecule has 6 nitrogen and oxygen atoms in total. The van der Waals surface area contributed by atoms with Crippen LogP contribution < -0.4 is 5.32 Å². The first-order valence-corrected chi connectivity index (χ1v) is 6.68. The molecule has 19 heavy (non-hydrogen) atoms. The molecule has 2 heterocycles. The lowest BCUT2D eigenvalue weighted by atomic mass is 9.96. The molecule has 0 radical (unpaired) electrons. The fraction of sp³-hybridized carbons (Fsp3) is 0.500. The normalized spacial score (nSPS) is 11.6. The van der Waals surface area contributed by atoms with E-state index < -0.39 is 5.41 Å². The zero-order valence-electron chi connectivity index (χ0n) is 11.6. The topological polar surface area (TPSA) is 80.9 Å². The molecule has 0 saturated heterocycles. The Labute approximate surface area is 115 Å². The number of anilines is 1. The summed E-state index contributed by atoms with van der Waals surface area (Å²) in [5, 5.41) is 11.3. The summed E-state index contributed by atoms with van der Waals surface area (Å²) in [4.78, 5) is 16.9. The van der Waals surface area contributed by atoms with E-state index >= 15 is 0 Å². The Morgan fingerprint density at radius 1 is 1.26 bits per heavy atom. The van der Waals surface area contributed by atoms with Gasteiger partial charge in [-0.1, -0.05) is 25.9 Å². The van der Waals surface area contributed by atoms with Crippen molar-refractivity contribution in [1.82, 2.24) is 15.2 Å². The zero-order valence-corrected chi connectivity index (χ0v) is 12.4. The third kappa shape index (κ3) is 2.98. The second-order valence-electron chi connectivity index (χ2n) is 5.26. The number of thiazole rings is 1. The fourth-order valence-corrected chi connectivity index (χ4v) is 2.22. The summed E-state index contributed by atoms with van der Waals surface area (Å²) in [6, 6.07) is 0.111. The molecule has 2 aromatic heterocycles. The number of amides is 1. The smallest absolute Gasteiger partial charge is 0.322 e.